The van der Waals surface area contributed by atoms with Crippen LogP contribution in [0.25, 0.3) is 0 Å². The first kappa shape index (κ1) is 15.6. The number of urea groups is 1. The van der Waals surface area contributed by atoms with Gasteiger partial charge in [-0.2, -0.15) is 0 Å². The molecule has 0 radical (unpaired) electrons. The van der Waals surface area contributed by atoms with Crippen LogP contribution in [0.2, 0.25) is 0 Å². The van der Waals surface area contributed by atoms with Crippen molar-refractivity contribution >= 4 is 11.7 Å². The summed E-state index contributed by atoms with van der Waals surface area (Å²) >= 11 is 0. The first-order chi connectivity index (χ1) is 10.6. The Hall–Kier alpha value is -2.83. The molecule has 0 atom stereocenters. The highest BCUT2D eigenvalue weighted by Crippen LogP contribution is 2.14. The second-order valence-corrected chi connectivity index (χ2v) is 4.67. The van der Waals surface area contributed by atoms with E-state index in [2.05, 4.69) is 15.6 Å². The Morgan fingerprint density at radius 2 is 2.05 bits per heavy atom. The van der Waals surface area contributed by atoms with Gasteiger partial charge >= 0.3 is 6.03 Å². The minimum Gasteiger partial charge on any atom is -0.497 e. The normalized spacial score (nSPS) is 10.1. The van der Waals surface area contributed by atoms with Crippen LogP contribution in [0.3, 0.4) is 0 Å². The number of hydrogen-bond donors (Lipinski definition) is 2. The number of nitrogens with zero attached hydrogens (tertiary/aromatic N) is 2. The van der Waals surface area contributed by atoms with Gasteiger partial charge in [-0.05, 0) is 31.2 Å². The Bertz CT molecular complexity index is 695. The van der Waals surface area contributed by atoms with Crippen LogP contribution in [0.5, 0.6) is 5.75 Å². The number of rotatable bonds is 5. The van der Waals surface area contributed by atoms with Crippen LogP contribution in [0, 0.1) is 6.92 Å². The van der Waals surface area contributed by atoms with Crippen molar-refractivity contribution in [2.24, 2.45) is 0 Å². The number of carbonyl (C=O) groups excluding carboxylic acids is 1. The van der Waals surface area contributed by atoms with Crippen LogP contribution in [0.1, 0.15) is 5.69 Å². The van der Waals surface area contributed by atoms with E-state index in [0.717, 1.165) is 5.75 Å². The van der Waals surface area contributed by atoms with E-state index in [-0.39, 0.29) is 11.6 Å². The van der Waals surface area contributed by atoms with Crippen LogP contribution >= 0.6 is 0 Å². The maximum Gasteiger partial charge on any atom is 0.319 e. The van der Waals surface area contributed by atoms with Crippen molar-refractivity contribution in [2.45, 2.75) is 13.5 Å². The number of carbonyl (C=O) groups is 1. The van der Waals surface area contributed by atoms with Crippen molar-refractivity contribution in [3.05, 3.63) is 52.7 Å². The summed E-state index contributed by atoms with van der Waals surface area (Å²) in [6.45, 7) is 2.45. The van der Waals surface area contributed by atoms with Crippen molar-refractivity contribution < 1.29 is 9.53 Å². The number of ether oxygens (including phenoxy) is 1. The van der Waals surface area contributed by atoms with Gasteiger partial charge in [-0.3, -0.25) is 9.36 Å². The number of aromatic nitrogens is 2. The SMILES string of the molecule is COc1ccc(NC(=O)NCCn2cnc(C)cc2=O)cc1. The molecule has 2 amide bonds. The highest BCUT2D eigenvalue weighted by atomic mass is 16.5. The first-order valence-electron chi connectivity index (χ1n) is 6.80. The van der Waals surface area contributed by atoms with Gasteiger partial charge in [0.1, 0.15) is 5.75 Å². The molecule has 7 heteroatoms. The Labute approximate surface area is 127 Å². The predicted octanol–water partition coefficient (Wildman–Crippen LogP) is 1.38. The highest BCUT2D eigenvalue weighted by Gasteiger charge is 2.02. The third-order valence-corrected chi connectivity index (χ3v) is 3.00. The number of nitrogens with one attached hydrogen (secondary N) is 2. The molecular formula is C15H18N4O3. The van der Waals surface area contributed by atoms with Gasteiger partial charge in [0.2, 0.25) is 0 Å². The number of aryl methyl sites for hydroxylation is 1. The van der Waals surface area contributed by atoms with Crippen LogP contribution in [-0.4, -0.2) is 29.2 Å². The lowest BCUT2D eigenvalue weighted by Gasteiger charge is -2.09. The van der Waals surface area contributed by atoms with Gasteiger partial charge in [-0.1, -0.05) is 0 Å². The van der Waals surface area contributed by atoms with Crippen LogP contribution in [0.4, 0.5) is 10.5 Å². The lowest BCUT2D eigenvalue weighted by atomic mass is 10.3. The number of benzene rings is 1. The summed E-state index contributed by atoms with van der Waals surface area (Å²) in [5, 5.41) is 5.38. The van der Waals surface area contributed by atoms with Gasteiger partial charge in [-0.25, -0.2) is 9.78 Å². The van der Waals surface area contributed by atoms with E-state index in [1.807, 2.05) is 0 Å². The molecule has 0 aliphatic carbocycles. The molecule has 1 aromatic heterocycles. The van der Waals surface area contributed by atoms with Crippen LogP contribution in [0.15, 0.2) is 41.5 Å². The van der Waals surface area contributed by atoms with Crippen molar-refractivity contribution in [3.63, 3.8) is 0 Å². The van der Waals surface area contributed by atoms with E-state index in [4.69, 9.17) is 4.74 Å². The van der Waals surface area contributed by atoms with E-state index in [9.17, 15) is 9.59 Å². The lowest BCUT2D eigenvalue weighted by Crippen LogP contribution is -2.33. The first-order valence-corrected chi connectivity index (χ1v) is 6.80. The van der Waals surface area contributed by atoms with Gasteiger partial charge in [0, 0.05) is 30.5 Å². The summed E-state index contributed by atoms with van der Waals surface area (Å²) in [6.07, 6.45) is 1.47. The third-order valence-electron chi connectivity index (χ3n) is 3.00. The Morgan fingerprint density at radius 3 is 2.68 bits per heavy atom. The molecule has 0 bridgehead atoms. The molecule has 2 rings (SSSR count). The number of hydrogen-bond acceptors (Lipinski definition) is 4. The maximum absolute atomic E-state index is 11.7. The fourth-order valence-corrected chi connectivity index (χ4v) is 1.82. The third kappa shape index (κ3) is 4.34. The minimum atomic E-state index is -0.335. The smallest absolute Gasteiger partial charge is 0.319 e. The molecule has 1 heterocycles. The molecule has 0 spiro atoms. The molecule has 22 heavy (non-hydrogen) atoms. The van der Waals surface area contributed by atoms with Crippen molar-refractivity contribution in [1.82, 2.24) is 14.9 Å². The molecule has 116 valence electrons. The molecule has 2 N–H and O–H groups in total. The Kier molecular flexibility index (Phi) is 5.13. The van der Waals surface area contributed by atoms with E-state index >= 15 is 0 Å². The summed E-state index contributed by atoms with van der Waals surface area (Å²) in [7, 11) is 1.58. The molecule has 0 aliphatic rings. The topological polar surface area (TPSA) is 85.2 Å². The highest BCUT2D eigenvalue weighted by molar-refractivity contribution is 5.89. The molecular weight excluding hydrogens is 284 g/mol. The lowest BCUT2D eigenvalue weighted by molar-refractivity contribution is 0.251. The Morgan fingerprint density at radius 1 is 1.32 bits per heavy atom. The Balaban J connectivity index is 1.81. The average molecular weight is 302 g/mol. The maximum atomic E-state index is 11.7. The monoisotopic (exact) mass is 302 g/mol. The van der Waals surface area contributed by atoms with Crippen molar-refractivity contribution in [2.75, 3.05) is 19.0 Å². The average Bonchev–Trinajstić information content (AvgIpc) is 2.50. The van der Waals surface area contributed by atoms with Crippen molar-refractivity contribution in [1.29, 1.82) is 0 Å². The van der Waals surface area contributed by atoms with Crippen LogP contribution < -0.4 is 20.9 Å². The summed E-state index contributed by atoms with van der Waals surface area (Å²) in [4.78, 5) is 27.4. The molecule has 1 aromatic carbocycles. The quantitative estimate of drug-likeness (QED) is 0.874. The van der Waals surface area contributed by atoms with Crippen LogP contribution in [-0.2, 0) is 6.54 Å². The standard InChI is InChI=1S/C15H18N4O3/c1-11-9-14(20)19(10-17-11)8-7-16-15(21)18-12-3-5-13(22-2)6-4-12/h3-6,9-10H,7-8H2,1-2H3,(H2,16,18,21). The van der Waals surface area contributed by atoms with E-state index < -0.39 is 0 Å². The van der Waals surface area contributed by atoms with Gasteiger partial charge in [0.05, 0.1) is 13.4 Å². The second-order valence-electron chi connectivity index (χ2n) is 4.67. The molecule has 0 unspecified atom stereocenters. The largest absolute Gasteiger partial charge is 0.497 e. The zero-order chi connectivity index (χ0) is 15.9. The minimum absolute atomic E-state index is 0.134. The van der Waals surface area contributed by atoms with Crippen molar-refractivity contribution in [3.8, 4) is 5.75 Å². The van der Waals surface area contributed by atoms with Gasteiger partial charge in [0.25, 0.3) is 5.56 Å². The van der Waals surface area contributed by atoms with E-state index in [1.165, 1.54) is 17.0 Å². The molecule has 0 saturated carbocycles. The zero-order valence-electron chi connectivity index (χ0n) is 12.5. The molecule has 0 fully saturated rings. The second kappa shape index (κ2) is 7.26. The summed E-state index contributed by atoms with van der Waals surface area (Å²) in [5.74, 6) is 0.720. The molecule has 0 aliphatic heterocycles. The predicted molar refractivity (Wildman–Crippen MR) is 83.2 cm³/mol. The van der Waals surface area contributed by atoms with E-state index in [0.29, 0.717) is 24.5 Å². The summed E-state index contributed by atoms with van der Waals surface area (Å²) in [6, 6.07) is 8.12. The fourth-order valence-electron chi connectivity index (χ4n) is 1.82. The molecule has 7 nitrogen and oxygen atoms in total. The molecule has 0 saturated heterocycles. The number of amides is 2. The number of methoxy groups -OCH3 is 1. The zero-order valence-corrected chi connectivity index (χ0v) is 12.5. The van der Waals surface area contributed by atoms with E-state index in [1.54, 1.807) is 38.3 Å². The molecule has 2 aromatic rings. The number of anilines is 1. The summed E-state index contributed by atoms with van der Waals surface area (Å²) < 4.78 is 6.49. The summed E-state index contributed by atoms with van der Waals surface area (Å²) in [5.41, 5.74) is 1.20. The van der Waals surface area contributed by atoms with Gasteiger partial charge in [0.15, 0.2) is 0 Å². The van der Waals surface area contributed by atoms with Gasteiger partial charge in [-0.15, -0.1) is 0 Å². The van der Waals surface area contributed by atoms with Gasteiger partial charge < -0.3 is 15.4 Å². The fraction of sp³-hybridized carbons (Fsp3) is 0.267.